The summed E-state index contributed by atoms with van der Waals surface area (Å²) in [5.41, 5.74) is 0. The van der Waals surface area contributed by atoms with E-state index in [1.807, 2.05) is 6.07 Å². The Labute approximate surface area is 139 Å². The molecule has 2 N–H and O–H groups in total. The first kappa shape index (κ1) is 17.7. The van der Waals surface area contributed by atoms with Gasteiger partial charge in [0.1, 0.15) is 11.8 Å². The molecule has 130 valence electrons. The Balaban J connectivity index is 1.79. The van der Waals surface area contributed by atoms with Crippen LogP contribution in [0.2, 0.25) is 0 Å². The van der Waals surface area contributed by atoms with E-state index in [1.165, 1.54) is 12.0 Å². The number of likely N-dealkylation sites (tertiary alicyclic amines) is 1. The maximum absolute atomic E-state index is 12.2. The number of carbonyl (C=O) groups is 3. The molecular formula is C16H20N2O6. The zero-order valence-electron chi connectivity index (χ0n) is 13.3. The van der Waals surface area contributed by atoms with Gasteiger partial charge in [0, 0.05) is 20.1 Å². The fraction of sp³-hybridized carbons (Fsp3) is 0.438. The van der Waals surface area contributed by atoms with Crippen LogP contribution in [0.15, 0.2) is 30.3 Å². The number of amides is 2. The van der Waals surface area contributed by atoms with Crippen LogP contribution in [0.5, 0.6) is 5.75 Å². The molecule has 2 unspecified atom stereocenters. The summed E-state index contributed by atoms with van der Waals surface area (Å²) in [6.45, 7) is -0.305. The molecule has 2 amide bonds. The lowest BCUT2D eigenvalue weighted by molar-refractivity contribution is -0.148. The van der Waals surface area contributed by atoms with Crippen LogP contribution >= 0.6 is 0 Å². The predicted molar refractivity (Wildman–Crippen MR) is 83.5 cm³/mol. The average Bonchev–Trinajstić information content (AvgIpc) is 3.03. The summed E-state index contributed by atoms with van der Waals surface area (Å²) >= 11 is 0. The van der Waals surface area contributed by atoms with Crippen molar-refractivity contribution in [2.24, 2.45) is 0 Å². The van der Waals surface area contributed by atoms with Crippen molar-refractivity contribution in [3.8, 4) is 5.75 Å². The van der Waals surface area contributed by atoms with Gasteiger partial charge >= 0.3 is 5.97 Å². The van der Waals surface area contributed by atoms with E-state index < -0.39 is 23.8 Å². The molecule has 8 heteroatoms. The number of hydrogen-bond donors (Lipinski definition) is 2. The van der Waals surface area contributed by atoms with Crippen molar-refractivity contribution < 1.29 is 29.0 Å². The highest BCUT2D eigenvalue weighted by Gasteiger charge is 2.39. The van der Waals surface area contributed by atoms with Crippen LogP contribution in [0.4, 0.5) is 0 Å². The second kappa shape index (κ2) is 8.30. The number of benzene rings is 1. The summed E-state index contributed by atoms with van der Waals surface area (Å²) in [7, 11) is 1.47. The quantitative estimate of drug-likeness (QED) is 0.719. The molecule has 1 fully saturated rings. The number of para-hydroxylation sites is 1. The molecule has 24 heavy (non-hydrogen) atoms. The predicted octanol–water partition coefficient (Wildman–Crippen LogP) is -0.118. The maximum atomic E-state index is 12.2. The molecule has 1 aliphatic rings. The van der Waals surface area contributed by atoms with E-state index in [0.29, 0.717) is 5.75 Å². The number of aliphatic carboxylic acids is 1. The third kappa shape index (κ3) is 4.69. The van der Waals surface area contributed by atoms with Gasteiger partial charge in [0.2, 0.25) is 5.91 Å². The second-order valence-corrected chi connectivity index (χ2v) is 5.37. The molecule has 0 bridgehead atoms. The minimum atomic E-state index is -1.08. The van der Waals surface area contributed by atoms with Crippen LogP contribution in [0.1, 0.15) is 6.42 Å². The summed E-state index contributed by atoms with van der Waals surface area (Å²) in [4.78, 5) is 36.3. The monoisotopic (exact) mass is 336 g/mol. The second-order valence-electron chi connectivity index (χ2n) is 5.37. The van der Waals surface area contributed by atoms with E-state index in [4.69, 9.17) is 9.47 Å². The minimum absolute atomic E-state index is 0.197. The molecule has 1 aromatic rings. The minimum Gasteiger partial charge on any atom is -0.484 e. The van der Waals surface area contributed by atoms with Gasteiger partial charge in [0.05, 0.1) is 12.6 Å². The van der Waals surface area contributed by atoms with Crippen molar-refractivity contribution >= 4 is 17.8 Å². The Morgan fingerprint density at radius 1 is 1.29 bits per heavy atom. The number of methoxy groups -OCH3 is 1. The largest absolute Gasteiger partial charge is 0.484 e. The van der Waals surface area contributed by atoms with Crippen LogP contribution in [0.25, 0.3) is 0 Å². The number of carboxylic acids is 1. The lowest BCUT2D eigenvalue weighted by Crippen LogP contribution is -2.46. The van der Waals surface area contributed by atoms with E-state index in [-0.39, 0.29) is 32.2 Å². The number of nitrogens with one attached hydrogen (secondary N) is 1. The van der Waals surface area contributed by atoms with Crippen molar-refractivity contribution in [2.75, 3.05) is 26.8 Å². The number of rotatable bonds is 7. The SMILES string of the molecule is COC1CC(C(=O)O)N(C(=O)CNC(=O)COc2ccccc2)C1. The third-order valence-electron chi connectivity index (χ3n) is 3.75. The molecule has 2 atom stereocenters. The van der Waals surface area contributed by atoms with Gasteiger partial charge in [-0.3, -0.25) is 9.59 Å². The van der Waals surface area contributed by atoms with Gasteiger partial charge in [0.25, 0.3) is 5.91 Å². The Morgan fingerprint density at radius 3 is 2.62 bits per heavy atom. The van der Waals surface area contributed by atoms with Gasteiger partial charge in [-0.15, -0.1) is 0 Å². The summed E-state index contributed by atoms with van der Waals surface area (Å²) < 4.78 is 10.4. The van der Waals surface area contributed by atoms with Gasteiger partial charge < -0.3 is 24.8 Å². The van der Waals surface area contributed by atoms with Gasteiger partial charge in [0.15, 0.2) is 6.61 Å². The number of ether oxygens (including phenoxy) is 2. The van der Waals surface area contributed by atoms with E-state index in [9.17, 15) is 19.5 Å². The maximum Gasteiger partial charge on any atom is 0.326 e. The smallest absolute Gasteiger partial charge is 0.326 e. The lowest BCUT2D eigenvalue weighted by Gasteiger charge is -2.21. The van der Waals surface area contributed by atoms with Crippen molar-refractivity contribution in [3.05, 3.63) is 30.3 Å². The first-order chi connectivity index (χ1) is 11.5. The van der Waals surface area contributed by atoms with Gasteiger partial charge in [-0.1, -0.05) is 18.2 Å². The summed E-state index contributed by atoms with van der Waals surface area (Å²) in [5.74, 6) is -1.45. The Bertz CT molecular complexity index is 591. The molecule has 0 aromatic heterocycles. The van der Waals surface area contributed by atoms with Gasteiger partial charge in [-0.25, -0.2) is 4.79 Å². The normalized spacial score (nSPS) is 19.8. The van der Waals surface area contributed by atoms with E-state index in [2.05, 4.69) is 5.32 Å². The fourth-order valence-electron chi connectivity index (χ4n) is 2.47. The van der Waals surface area contributed by atoms with Crippen LogP contribution in [-0.4, -0.2) is 66.7 Å². The van der Waals surface area contributed by atoms with Crippen LogP contribution in [0, 0.1) is 0 Å². The summed E-state index contributed by atoms with van der Waals surface area (Å²) in [6.07, 6.45) is -0.0741. The zero-order valence-corrected chi connectivity index (χ0v) is 13.3. The molecule has 1 aromatic carbocycles. The molecule has 0 aliphatic carbocycles. The molecule has 0 spiro atoms. The number of carbonyl (C=O) groups excluding carboxylic acids is 2. The molecule has 1 heterocycles. The molecular weight excluding hydrogens is 316 g/mol. The summed E-state index contributed by atoms with van der Waals surface area (Å²) in [5, 5.41) is 11.6. The van der Waals surface area contributed by atoms with Crippen molar-refractivity contribution in [1.82, 2.24) is 10.2 Å². The Kier molecular flexibility index (Phi) is 6.14. The number of carboxylic acid groups (broad SMARTS) is 1. The van der Waals surface area contributed by atoms with Gasteiger partial charge in [-0.2, -0.15) is 0 Å². The zero-order chi connectivity index (χ0) is 17.5. The van der Waals surface area contributed by atoms with Crippen LogP contribution in [-0.2, 0) is 19.1 Å². The number of hydrogen-bond acceptors (Lipinski definition) is 5. The molecule has 0 saturated carbocycles. The molecule has 0 radical (unpaired) electrons. The van der Waals surface area contributed by atoms with Crippen molar-refractivity contribution in [2.45, 2.75) is 18.6 Å². The summed E-state index contributed by atoms with van der Waals surface area (Å²) in [6, 6.07) is 7.88. The van der Waals surface area contributed by atoms with Crippen molar-refractivity contribution in [3.63, 3.8) is 0 Å². The topological polar surface area (TPSA) is 105 Å². The first-order valence-electron chi connectivity index (χ1n) is 7.51. The molecule has 8 nitrogen and oxygen atoms in total. The third-order valence-corrected chi connectivity index (χ3v) is 3.75. The van der Waals surface area contributed by atoms with Gasteiger partial charge in [-0.05, 0) is 12.1 Å². The van der Waals surface area contributed by atoms with Crippen LogP contribution in [0.3, 0.4) is 0 Å². The number of nitrogens with zero attached hydrogens (tertiary/aromatic N) is 1. The Hall–Kier alpha value is -2.61. The molecule has 1 saturated heterocycles. The van der Waals surface area contributed by atoms with Crippen molar-refractivity contribution in [1.29, 1.82) is 0 Å². The Morgan fingerprint density at radius 2 is 2.00 bits per heavy atom. The fourth-order valence-corrected chi connectivity index (χ4v) is 2.47. The molecule has 2 rings (SSSR count). The van der Waals surface area contributed by atoms with Crippen LogP contribution < -0.4 is 10.1 Å². The average molecular weight is 336 g/mol. The highest BCUT2D eigenvalue weighted by molar-refractivity contribution is 5.88. The van der Waals surface area contributed by atoms with E-state index in [0.717, 1.165) is 0 Å². The lowest BCUT2D eigenvalue weighted by atomic mass is 10.2. The first-order valence-corrected chi connectivity index (χ1v) is 7.51. The highest BCUT2D eigenvalue weighted by Crippen LogP contribution is 2.20. The highest BCUT2D eigenvalue weighted by atomic mass is 16.5. The standard InChI is InChI=1S/C16H20N2O6/c1-23-12-7-13(16(21)22)18(9-12)15(20)8-17-14(19)10-24-11-5-3-2-4-6-11/h2-6,12-13H,7-10H2,1H3,(H,17,19)(H,21,22). The van der Waals surface area contributed by atoms with E-state index >= 15 is 0 Å². The van der Waals surface area contributed by atoms with E-state index in [1.54, 1.807) is 24.3 Å². The molecule has 1 aliphatic heterocycles.